The van der Waals surface area contributed by atoms with E-state index in [1.54, 1.807) is 0 Å². The third-order valence-electron chi connectivity index (χ3n) is 5.81. The molecule has 4 aromatic rings. The highest BCUT2D eigenvalue weighted by molar-refractivity contribution is 9.10. The van der Waals surface area contributed by atoms with Gasteiger partial charge in [-0.1, -0.05) is 53.2 Å². The van der Waals surface area contributed by atoms with E-state index in [1.807, 2.05) is 48.5 Å². The molecule has 1 amide bonds. The van der Waals surface area contributed by atoms with Crippen LogP contribution in [0.15, 0.2) is 77.3 Å². The van der Waals surface area contributed by atoms with Crippen molar-refractivity contribution in [3.05, 3.63) is 94.2 Å². The summed E-state index contributed by atoms with van der Waals surface area (Å²) in [4.78, 5) is 17.2. The first-order chi connectivity index (χ1) is 16.6. The second kappa shape index (κ2) is 11.8. The topological polar surface area (TPSA) is 56.1 Å². The number of nitrogens with zero attached hydrogens (tertiary/aromatic N) is 2. The molecule has 0 unspecified atom stereocenters. The van der Waals surface area contributed by atoms with E-state index in [4.69, 9.17) is 9.72 Å². The standard InChI is InChI=1S/C28H30BrN3O2/c1-2-21-13-15-24(16-14-21)34-19-7-18-32-26-11-4-3-10-25(26)31-27(32)12-6-17-30-28(33)22-8-5-9-23(29)20-22/h3-5,8-11,13-16,20H,2,6-7,12,17-19H2,1H3,(H,30,33). The highest BCUT2D eigenvalue weighted by Crippen LogP contribution is 2.19. The summed E-state index contributed by atoms with van der Waals surface area (Å²) in [5.41, 5.74) is 4.12. The summed E-state index contributed by atoms with van der Waals surface area (Å²) in [6.45, 7) is 4.25. The Bertz CT molecular complexity index is 1230. The highest BCUT2D eigenvalue weighted by atomic mass is 79.9. The van der Waals surface area contributed by atoms with Crippen LogP contribution in [0.1, 0.15) is 41.5 Å². The minimum atomic E-state index is -0.0566. The Kier molecular flexibility index (Phi) is 8.36. The number of benzene rings is 3. The van der Waals surface area contributed by atoms with Gasteiger partial charge in [-0.25, -0.2) is 4.98 Å². The van der Waals surface area contributed by atoms with Gasteiger partial charge in [0.2, 0.25) is 0 Å². The number of ether oxygens (including phenoxy) is 1. The maximum atomic E-state index is 12.4. The monoisotopic (exact) mass is 519 g/mol. The van der Waals surface area contributed by atoms with Gasteiger partial charge in [-0.15, -0.1) is 0 Å². The third kappa shape index (κ3) is 6.26. The van der Waals surface area contributed by atoms with Gasteiger partial charge in [0.1, 0.15) is 11.6 Å². The van der Waals surface area contributed by atoms with Crippen molar-refractivity contribution < 1.29 is 9.53 Å². The Morgan fingerprint density at radius 3 is 2.65 bits per heavy atom. The van der Waals surface area contributed by atoms with Gasteiger partial charge in [0, 0.05) is 29.5 Å². The number of para-hydroxylation sites is 2. The van der Waals surface area contributed by atoms with Crippen LogP contribution in [0.4, 0.5) is 0 Å². The molecule has 1 aromatic heterocycles. The van der Waals surface area contributed by atoms with Crippen LogP contribution in [0.5, 0.6) is 5.75 Å². The lowest BCUT2D eigenvalue weighted by Crippen LogP contribution is -2.25. The first-order valence-corrected chi connectivity index (χ1v) is 12.6. The lowest BCUT2D eigenvalue weighted by molar-refractivity contribution is 0.0953. The summed E-state index contributed by atoms with van der Waals surface area (Å²) in [6.07, 6.45) is 3.54. The van der Waals surface area contributed by atoms with Gasteiger partial charge in [0.05, 0.1) is 17.6 Å². The van der Waals surface area contributed by atoms with Crippen molar-refractivity contribution in [1.29, 1.82) is 0 Å². The summed E-state index contributed by atoms with van der Waals surface area (Å²) in [6, 6.07) is 24.0. The fourth-order valence-corrected chi connectivity index (χ4v) is 4.38. The van der Waals surface area contributed by atoms with Crippen LogP contribution in [-0.4, -0.2) is 28.6 Å². The molecule has 4 rings (SSSR count). The van der Waals surface area contributed by atoms with E-state index < -0.39 is 0 Å². The van der Waals surface area contributed by atoms with E-state index in [1.165, 1.54) is 5.56 Å². The maximum Gasteiger partial charge on any atom is 0.251 e. The van der Waals surface area contributed by atoms with Crippen molar-refractivity contribution in [3.8, 4) is 5.75 Å². The molecule has 5 nitrogen and oxygen atoms in total. The fourth-order valence-electron chi connectivity index (χ4n) is 3.98. The average molecular weight is 520 g/mol. The van der Waals surface area contributed by atoms with Gasteiger partial charge < -0.3 is 14.6 Å². The molecule has 0 aliphatic rings. The number of aromatic nitrogens is 2. The Hall–Kier alpha value is -3.12. The number of aryl methyl sites for hydroxylation is 3. The highest BCUT2D eigenvalue weighted by Gasteiger charge is 2.11. The first-order valence-electron chi connectivity index (χ1n) is 11.8. The molecule has 0 bridgehead atoms. The molecule has 0 aliphatic carbocycles. The van der Waals surface area contributed by atoms with Crippen molar-refractivity contribution in [3.63, 3.8) is 0 Å². The second-order valence-electron chi connectivity index (χ2n) is 8.24. The number of halogens is 1. The molecule has 0 aliphatic heterocycles. The lowest BCUT2D eigenvalue weighted by Gasteiger charge is -2.11. The Morgan fingerprint density at radius 1 is 1.03 bits per heavy atom. The van der Waals surface area contributed by atoms with Gasteiger partial charge in [-0.3, -0.25) is 4.79 Å². The Labute approximate surface area is 209 Å². The average Bonchev–Trinajstić information content (AvgIpc) is 3.22. The predicted molar refractivity (Wildman–Crippen MR) is 140 cm³/mol. The molecule has 0 saturated carbocycles. The van der Waals surface area contributed by atoms with E-state index in [0.717, 1.165) is 59.3 Å². The van der Waals surface area contributed by atoms with Crippen LogP contribution in [0.2, 0.25) is 0 Å². The molecular weight excluding hydrogens is 490 g/mol. The zero-order valence-corrected chi connectivity index (χ0v) is 21.1. The minimum absolute atomic E-state index is 0.0566. The van der Waals surface area contributed by atoms with Crippen molar-refractivity contribution >= 4 is 32.9 Å². The number of rotatable bonds is 11. The number of amides is 1. The van der Waals surface area contributed by atoms with Gasteiger partial charge in [-0.05, 0) is 67.3 Å². The number of carbonyl (C=O) groups is 1. The summed E-state index contributed by atoms with van der Waals surface area (Å²) >= 11 is 3.41. The zero-order valence-electron chi connectivity index (χ0n) is 19.5. The van der Waals surface area contributed by atoms with Crippen LogP contribution in [0, 0.1) is 0 Å². The van der Waals surface area contributed by atoms with E-state index in [-0.39, 0.29) is 5.91 Å². The fraction of sp³-hybridized carbons (Fsp3) is 0.286. The van der Waals surface area contributed by atoms with Crippen LogP contribution in [0.25, 0.3) is 11.0 Å². The molecule has 0 radical (unpaired) electrons. The third-order valence-corrected chi connectivity index (χ3v) is 6.30. The van der Waals surface area contributed by atoms with E-state index in [2.05, 4.69) is 57.0 Å². The molecule has 6 heteroatoms. The first kappa shape index (κ1) is 24.0. The van der Waals surface area contributed by atoms with Gasteiger partial charge >= 0.3 is 0 Å². The predicted octanol–water partition coefficient (Wildman–Crippen LogP) is 6.19. The summed E-state index contributed by atoms with van der Waals surface area (Å²) in [7, 11) is 0. The van der Waals surface area contributed by atoms with Crippen molar-refractivity contribution in [1.82, 2.24) is 14.9 Å². The molecule has 0 atom stereocenters. The Balaban J connectivity index is 1.31. The number of fused-ring (bicyclic) bond motifs is 1. The van der Waals surface area contributed by atoms with Crippen LogP contribution in [0.3, 0.4) is 0 Å². The summed E-state index contributed by atoms with van der Waals surface area (Å²) in [5.74, 6) is 1.90. The number of hydrogen-bond acceptors (Lipinski definition) is 3. The minimum Gasteiger partial charge on any atom is -0.494 e. The van der Waals surface area contributed by atoms with Gasteiger partial charge in [0.15, 0.2) is 0 Å². The number of imidazole rings is 1. The van der Waals surface area contributed by atoms with E-state index in [0.29, 0.717) is 18.7 Å². The Morgan fingerprint density at radius 2 is 1.85 bits per heavy atom. The van der Waals surface area contributed by atoms with Crippen LogP contribution in [-0.2, 0) is 19.4 Å². The largest absolute Gasteiger partial charge is 0.494 e. The SMILES string of the molecule is CCc1ccc(OCCCn2c(CCCNC(=O)c3cccc(Br)c3)nc3ccccc32)cc1. The second-order valence-corrected chi connectivity index (χ2v) is 9.15. The lowest BCUT2D eigenvalue weighted by atomic mass is 10.2. The summed E-state index contributed by atoms with van der Waals surface area (Å²) < 4.78 is 9.13. The number of carbonyl (C=O) groups excluding carboxylic acids is 1. The van der Waals surface area contributed by atoms with Crippen LogP contribution >= 0.6 is 15.9 Å². The molecule has 0 spiro atoms. The molecule has 0 fully saturated rings. The normalized spacial score (nSPS) is 11.0. The zero-order chi connectivity index (χ0) is 23.8. The number of nitrogens with one attached hydrogen (secondary N) is 1. The molecule has 3 aromatic carbocycles. The van der Waals surface area contributed by atoms with E-state index >= 15 is 0 Å². The van der Waals surface area contributed by atoms with Crippen molar-refractivity contribution in [2.24, 2.45) is 0 Å². The molecule has 34 heavy (non-hydrogen) atoms. The molecular formula is C28H30BrN3O2. The summed E-state index contributed by atoms with van der Waals surface area (Å²) in [5, 5.41) is 3.01. The molecule has 1 N–H and O–H groups in total. The van der Waals surface area contributed by atoms with E-state index in [9.17, 15) is 4.79 Å². The van der Waals surface area contributed by atoms with Crippen LogP contribution < -0.4 is 10.1 Å². The molecule has 176 valence electrons. The van der Waals surface area contributed by atoms with Crippen molar-refractivity contribution in [2.45, 2.75) is 39.2 Å². The molecule has 0 saturated heterocycles. The van der Waals surface area contributed by atoms with Gasteiger partial charge in [0.25, 0.3) is 5.91 Å². The smallest absolute Gasteiger partial charge is 0.251 e. The quantitative estimate of drug-likeness (QED) is 0.240. The van der Waals surface area contributed by atoms with Crippen molar-refractivity contribution in [2.75, 3.05) is 13.2 Å². The van der Waals surface area contributed by atoms with Gasteiger partial charge in [-0.2, -0.15) is 0 Å². The maximum absolute atomic E-state index is 12.4. The molecule has 1 heterocycles. The number of hydrogen-bond donors (Lipinski definition) is 1.